The minimum absolute atomic E-state index is 0.0618. The van der Waals surface area contributed by atoms with Gasteiger partial charge in [0.1, 0.15) is 0 Å². The lowest BCUT2D eigenvalue weighted by Crippen LogP contribution is -2.47. The van der Waals surface area contributed by atoms with Crippen LogP contribution in [0.1, 0.15) is 29.5 Å². The highest BCUT2D eigenvalue weighted by atomic mass is 16.2. The Morgan fingerprint density at radius 1 is 1.00 bits per heavy atom. The lowest BCUT2D eigenvalue weighted by molar-refractivity contribution is -0.140. The van der Waals surface area contributed by atoms with Crippen molar-refractivity contribution >= 4 is 11.8 Å². The number of carbonyl (C=O) groups is 2. The van der Waals surface area contributed by atoms with E-state index in [0.717, 1.165) is 29.5 Å². The Bertz CT molecular complexity index is 833. The van der Waals surface area contributed by atoms with Crippen molar-refractivity contribution in [3.8, 4) is 0 Å². The Kier molecular flexibility index (Phi) is 4.97. The largest absolute Gasteiger partial charge is 0.340 e. The maximum Gasteiger partial charge on any atom is 0.228 e. The summed E-state index contributed by atoms with van der Waals surface area (Å²) in [6.45, 7) is 3.89. The predicted octanol–water partition coefficient (Wildman–Crippen LogP) is 3.19. The van der Waals surface area contributed by atoms with Gasteiger partial charge in [0.05, 0.1) is 12.3 Å². The first kappa shape index (κ1) is 17.8. The number of benzene rings is 2. The summed E-state index contributed by atoms with van der Waals surface area (Å²) in [5.41, 5.74) is 3.37. The molecule has 3 saturated heterocycles. The van der Waals surface area contributed by atoms with Crippen LogP contribution < -0.4 is 0 Å². The third-order valence-electron chi connectivity index (χ3n) is 5.94. The van der Waals surface area contributed by atoms with Crippen molar-refractivity contribution in [1.82, 2.24) is 9.80 Å². The summed E-state index contributed by atoms with van der Waals surface area (Å²) in [5.74, 6) is 0.283. The molecule has 0 spiro atoms. The van der Waals surface area contributed by atoms with Gasteiger partial charge < -0.3 is 9.80 Å². The Balaban J connectivity index is 1.49. The van der Waals surface area contributed by atoms with E-state index in [9.17, 15) is 9.59 Å². The molecule has 140 valence electrons. The van der Waals surface area contributed by atoms with Crippen LogP contribution >= 0.6 is 0 Å². The first-order valence-electron chi connectivity index (χ1n) is 9.78. The number of aryl methyl sites for hydroxylation is 1. The molecule has 2 amide bonds. The van der Waals surface area contributed by atoms with Crippen LogP contribution in [0.5, 0.6) is 0 Å². The molecule has 0 N–H and O–H groups in total. The van der Waals surface area contributed by atoms with Gasteiger partial charge in [-0.3, -0.25) is 9.59 Å². The molecule has 0 aromatic heterocycles. The van der Waals surface area contributed by atoms with Crippen LogP contribution in [0.3, 0.4) is 0 Å². The SMILES string of the molecule is Cc1ccccc1CC(=O)N1CC2CCC(C1)N(Cc1ccccc1)C2=O. The summed E-state index contributed by atoms with van der Waals surface area (Å²) in [6, 6.07) is 18.3. The lowest BCUT2D eigenvalue weighted by atomic mass is 9.93. The molecule has 4 nitrogen and oxygen atoms in total. The number of amides is 2. The zero-order valence-electron chi connectivity index (χ0n) is 15.8. The average molecular weight is 362 g/mol. The molecular weight excluding hydrogens is 336 g/mol. The van der Waals surface area contributed by atoms with Crippen LogP contribution in [0.4, 0.5) is 0 Å². The van der Waals surface area contributed by atoms with Crippen LogP contribution in [0.15, 0.2) is 54.6 Å². The molecule has 3 aliphatic rings. The zero-order chi connectivity index (χ0) is 18.8. The maximum absolute atomic E-state index is 13.0. The minimum atomic E-state index is -0.0618. The van der Waals surface area contributed by atoms with Gasteiger partial charge in [-0.25, -0.2) is 0 Å². The summed E-state index contributed by atoms with van der Waals surface area (Å²) >= 11 is 0. The number of rotatable bonds is 4. The van der Waals surface area contributed by atoms with Crippen molar-refractivity contribution in [3.63, 3.8) is 0 Å². The number of hydrogen-bond donors (Lipinski definition) is 0. The second kappa shape index (κ2) is 7.55. The van der Waals surface area contributed by atoms with E-state index in [1.54, 1.807) is 0 Å². The van der Waals surface area contributed by atoms with Gasteiger partial charge in [0.15, 0.2) is 0 Å². The van der Waals surface area contributed by atoms with Gasteiger partial charge in [0, 0.05) is 25.7 Å². The van der Waals surface area contributed by atoms with Gasteiger partial charge in [-0.05, 0) is 36.5 Å². The highest BCUT2D eigenvalue weighted by molar-refractivity contribution is 5.84. The number of hydrogen-bond acceptors (Lipinski definition) is 2. The topological polar surface area (TPSA) is 40.6 Å². The average Bonchev–Trinajstić information content (AvgIpc) is 2.97. The summed E-state index contributed by atoms with van der Waals surface area (Å²) in [7, 11) is 0. The van der Waals surface area contributed by atoms with E-state index in [2.05, 4.69) is 12.1 Å². The Morgan fingerprint density at radius 2 is 1.74 bits per heavy atom. The highest BCUT2D eigenvalue weighted by Crippen LogP contribution is 2.30. The van der Waals surface area contributed by atoms with Gasteiger partial charge in [-0.2, -0.15) is 0 Å². The molecular formula is C23H26N2O2. The number of piperidine rings is 1. The fraction of sp³-hybridized carbons (Fsp3) is 0.391. The van der Waals surface area contributed by atoms with E-state index in [1.165, 1.54) is 0 Å². The molecule has 27 heavy (non-hydrogen) atoms. The van der Waals surface area contributed by atoms with E-state index in [1.807, 2.05) is 59.2 Å². The molecule has 2 atom stereocenters. The quantitative estimate of drug-likeness (QED) is 0.838. The molecule has 2 bridgehead atoms. The zero-order valence-corrected chi connectivity index (χ0v) is 15.8. The highest BCUT2D eigenvalue weighted by Gasteiger charge is 2.41. The number of fused-ring (bicyclic) bond motifs is 4. The molecule has 4 heteroatoms. The van der Waals surface area contributed by atoms with Gasteiger partial charge >= 0.3 is 0 Å². The first-order chi connectivity index (χ1) is 13.1. The fourth-order valence-corrected chi connectivity index (χ4v) is 4.32. The third kappa shape index (κ3) is 3.75. The Morgan fingerprint density at radius 3 is 2.52 bits per heavy atom. The van der Waals surface area contributed by atoms with E-state index in [-0.39, 0.29) is 23.8 Å². The van der Waals surface area contributed by atoms with Crippen LogP contribution in [-0.4, -0.2) is 40.7 Å². The standard InChI is InChI=1S/C23H26N2O2/c1-17-7-5-6-10-19(17)13-22(26)24-15-20-11-12-21(16-24)25(23(20)27)14-18-8-3-2-4-9-18/h2-10,20-21H,11-16H2,1H3. The van der Waals surface area contributed by atoms with Gasteiger partial charge in [-0.1, -0.05) is 54.6 Å². The maximum atomic E-state index is 13.0. The molecule has 2 unspecified atom stereocenters. The summed E-state index contributed by atoms with van der Waals surface area (Å²) in [4.78, 5) is 29.9. The summed E-state index contributed by atoms with van der Waals surface area (Å²) in [5, 5.41) is 0. The van der Waals surface area contributed by atoms with E-state index >= 15 is 0 Å². The molecule has 2 aromatic rings. The molecule has 3 heterocycles. The molecule has 2 aromatic carbocycles. The van der Waals surface area contributed by atoms with E-state index < -0.39 is 0 Å². The van der Waals surface area contributed by atoms with Crippen molar-refractivity contribution in [1.29, 1.82) is 0 Å². The van der Waals surface area contributed by atoms with Crippen LogP contribution in [-0.2, 0) is 22.6 Å². The van der Waals surface area contributed by atoms with Crippen molar-refractivity contribution in [2.75, 3.05) is 13.1 Å². The van der Waals surface area contributed by atoms with Crippen molar-refractivity contribution in [2.45, 2.75) is 38.8 Å². The van der Waals surface area contributed by atoms with Crippen molar-refractivity contribution in [2.24, 2.45) is 5.92 Å². The van der Waals surface area contributed by atoms with Crippen LogP contribution in [0.2, 0.25) is 0 Å². The number of carbonyl (C=O) groups excluding carboxylic acids is 2. The second-order valence-electron chi connectivity index (χ2n) is 7.78. The third-order valence-corrected chi connectivity index (χ3v) is 5.94. The van der Waals surface area contributed by atoms with Gasteiger partial charge in [0.2, 0.25) is 11.8 Å². The van der Waals surface area contributed by atoms with Crippen molar-refractivity contribution < 1.29 is 9.59 Å². The first-order valence-corrected chi connectivity index (χ1v) is 9.78. The fourth-order valence-electron chi connectivity index (χ4n) is 4.32. The van der Waals surface area contributed by atoms with Crippen LogP contribution in [0, 0.1) is 12.8 Å². The molecule has 0 aliphatic carbocycles. The predicted molar refractivity (Wildman–Crippen MR) is 105 cm³/mol. The molecule has 3 aliphatic heterocycles. The van der Waals surface area contributed by atoms with Crippen molar-refractivity contribution in [3.05, 3.63) is 71.3 Å². The van der Waals surface area contributed by atoms with Crippen LogP contribution in [0.25, 0.3) is 0 Å². The Labute approximate surface area is 160 Å². The minimum Gasteiger partial charge on any atom is -0.340 e. The molecule has 3 fully saturated rings. The second-order valence-corrected chi connectivity index (χ2v) is 7.78. The summed E-state index contributed by atoms with van der Waals surface area (Å²) < 4.78 is 0. The number of nitrogens with zero attached hydrogens (tertiary/aromatic N) is 2. The monoisotopic (exact) mass is 362 g/mol. The molecule has 0 radical (unpaired) electrons. The lowest BCUT2D eigenvalue weighted by Gasteiger charge is -2.36. The van der Waals surface area contributed by atoms with E-state index in [0.29, 0.717) is 26.1 Å². The molecule has 5 rings (SSSR count). The van der Waals surface area contributed by atoms with Gasteiger partial charge in [-0.15, -0.1) is 0 Å². The van der Waals surface area contributed by atoms with E-state index in [4.69, 9.17) is 0 Å². The summed E-state index contributed by atoms with van der Waals surface area (Å²) in [6.07, 6.45) is 2.29. The van der Waals surface area contributed by atoms with Gasteiger partial charge in [0.25, 0.3) is 0 Å². The normalized spacial score (nSPS) is 22.0. The molecule has 0 saturated carbocycles. The smallest absolute Gasteiger partial charge is 0.228 e. The Hall–Kier alpha value is -2.62.